The van der Waals surface area contributed by atoms with Crippen LogP contribution in [0.1, 0.15) is 99.4 Å². The number of amides is 1. The van der Waals surface area contributed by atoms with Gasteiger partial charge in [-0.15, -0.1) is 0 Å². The Morgan fingerprint density at radius 1 is 0.373 bits per heavy atom. The minimum Gasteiger partial charge on any atom is -0.395 e. The molecular weight excluding hydrogens is 2050 g/mol. The Hall–Kier alpha value is -9.66. The molecule has 0 radical (unpaired) electrons. The maximum Gasteiger partial charge on any atom is 0.219 e. The summed E-state index contributed by atoms with van der Waals surface area (Å²) >= 11 is 69.9. The molecule has 12 aliphatic heterocycles. The molecule has 6 aromatic heterocycles. The van der Waals surface area contributed by atoms with Gasteiger partial charge in [0, 0.05) is 298 Å². The average Bonchev–Trinajstić information content (AvgIpc) is 1.38. The first-order valence-electron chi connectivity index (χ1n) is 47.7. The first kappa shape index (κ1) is 108. The van der Waals surface area contributed by atoms with Gasteiger partial charge in [-0.05, 0) is 135 Å². The zero-order valence-electron chi connectivity index (χ0n) is 79.4. The highest BCUT2D eigenvalue weighted by Gasteiger charge is 2.34. The second-order valence-electron chi connectivity index (χ2n) is 34.5. The van der Waals surface area contributed by atoms with Crippen LogP contribution in [-0.2, 0) is 4.79 Å². The molecule has 1 aliphatic carbocycles. The number of pyridine rings is 6. The fraction of sp³-hybridized carbons (Fsp3) is 0.505. The van der Waals surface area contributed by atoms with Gasteiger partial charge in [0.1, 0.15) is 40.8 Å². The average molecular weight is 2180 g/mol. The number of carbonyl (C=O) groups excluding carboxylic acids is 1. The van der Waals surface area contributed by atoms with Gasteiger partial charge in [0.15, 0.2) is 30.7 Å². The van der Waals surface area contributed by atoms with Crippen molar-refractivity contribution in [3.05, 3.63) is 151 Å². The van der Waals surface area contributed by atoms with Crippen LogP contribution in [0, 0.1) is 0 Å². The molecule has 0 bridgehead atoms. The van der Waals surface area contributed by atoms with E-state index in [1.54, 1.807) is 80.5 Å². The Morgan fingerprint density at radius 3 is 0.824 bits per heavy atom. The molecule has 13 N–H and O–H groups in total. The number of β-amino-alcohol motifs (C(OH)–C–C–N with tert-alkyl or cyclic N) is 1. The molecule has 6 aromatic rings. The number of alkyl halides is 1. The Morgan fingerprint density at radius 2 is 0.599 bits per heavy atom. The van der Waals surface area contributed by atoms with Crippen molar-refractivity contribution < 1.29 is 14.3 Å². The third kappa shape index (κ3) is 30.1. The van der Waals surface area contributed by atoms with Crippen LogP contribution in [-0.4, -0.2) is 400 Å². The van der Waals surface area contributed by atoms with Gasteiger partial charge in [-0.25, -0.2) is 4.39 Å². The molecular formula is C91H121Cl6FN36O2S6. The Labute approximate surface area is 890 Å². The van der Waals surface area contributed by atoms with E-state index in [0.717, 1.165) is 324 Å². The van der Waals surface area contributed by atoms with E-state index in [1.165, 1.54) is 12.8 Å². The van der Waals surface area contributed by atoms with Crippen molar-refractivity contribution in [2.24, 2.45) is 30.6 Å². The number of aromatic nitrogens is 6. The van der Waals surface area contributed by atoms with Crippen LogP contribution in [0.4, 0.5) is 38.5 Å². The molecule has 0 spiro atoms. The number of aliphatic hydroxyl groups is 1. The van der Waals surface area contributed by atoms with Crippen molar-refractivity contribution in [2.75, 3.05) is 261 Å². The zero-order valence-corrected chi connectivity index (χ0v) is 88.8. The molecule has 51 heteroatoms. The van der Waals surface area contributed by atoms with Crippen molar-refractivity contribution in [1.29, 1.82) is 0 Å². The monoisotopic (exact) mass is 2170 g/mol. The number of hydrazone groups is 6. The normalized spacial score (nSPS) is 20.1. The lowest BCUT2D eigenvalue weighted by Gasteiger charge is -2.35. The topological polar surface area (TPSA) is 372 Å². The standard InChI is InChI=1S/C16H21ClN6S.C15H20ClFN6S.C15H19ClN6OS.C15H21ClN6OS.C15H21ClN6S.C15H19ClN6S/c17-12-3-5-19-15-13(4-6-18-14(12)15)20-21-16(24)23-9-7-22(8-10-23)11-1-2-11;16-11-1-4-19-14-12(2-5-18-13(11)14)20-21-15(24)23-9-7-22(6-3-17)8-10-23;1-10(23)21-6-8-22(9-7-21)15(24)20-19-12-3-5-17-13-11(16)2-4-18-14(12)13;16-11-1-3-18-14-12(2-4-17-13(11)14)19-20-15(24)22-7-5-21(6-8-22)9-10-23;2*1-2-21-7-9-22(10-8-21)15(23)20-19-12-4-6-17-13-11(16)3-5-18-14(12)13/h3,5,11,18H,1-2,4,6-10H2,(H,21,24);1,4,18H,2-3,5-10H2,(H,21,24);2,4,17H,3,5-9H2,1H3,(H,20,24);1,3,17,23H,2,4-10H2,(H,20,24);3,5,17H,2,4,6-10H2,1H3,(H,20,23);2-3,5,17H,1,4,6-10H2,(H,20,23)/b20-13-;20-12-;4*19-12-. The molecule has 13 aliphatic rings. The quantitative estimate of drug-likeness (QED) is 0.0378. The lowest BCUT2D eigenvalue weighted by atomic mass is 10.1. The lowest BCUT2D eigenvalue weighted by Crippen LogP contribution is -2.52. The number of nitrogens with zero attached hydrogens (tertiary/aromatic N) is 24. The minimum atomic E-state index is -0.306. The number of halogens is 7. The van der Waals surface area contributed by atoms with Gasteiger partial charge >= 0.3 is 0 Å². The second-order valence-corrected chi connectivity index (χ2v) is 39.2. The molecule has 38 nitrogen and oxygen atoms in total. The van der Waals surface area contributed by atoms with E-state index in [9.17, 15) is 9.18 Å². The van der Waals surface area contributed by atoms with Crippen molar-refractivity contribution in [2.45, 2.75) is 71.3 Å². The van der Waals surface area contributed by atoms with Gasteiger partial charge < -0.3 is 81.1 Å². The summed E-state index contributed by atoms with van der Waals surface area (Å²) in [5.74, 6) is 0.100. The van der Waals surface area contributed by atoms with E-state index in [-0.39, 0.29) is 19.2 Å². The highest BCUT2D eigenvalue weighted by molar-refractivity contribution is 7.81. The molecule has 0 atom stereocenters. The molecule has 19 rings (SSSR count). The number of nitrogens with one attached hydrogen (secondary N) is 12. The van der Waals surface area contributed by atoms with Crippen LogP contribution in [0.25, 0.3) is 0 Å². The highest BCUT2D eigenvalue weighted by Crippen LogP contribution is 2.35. The second kappa shape index (κ2) is 54.5. The minimum absolute atomic E-state index is 0.100. The number of carbonyl (C=O) groups is 1. The summed E-state index contributed by atoms with van der Waals surface area (Å²) < 4.78 is 12.4. The van der Waals surface area contributed by atoms with E-state index in [1.807, 2.05) is 16.0 Å². The van der Waals surface area contributed by atoms with Gasteiger partial charge in [-0.2, -0.15) is 30.6 Å². The third-order valence-corrected chi connectivity index (χ3v) is 29.5. The maximum atomic E-state index is 12.4. The van der Waals surface area contributed by atoms with E-state index >= 15 is 0 Å². The van der Waals surface area contributed by atoms with Crippen LogP contribution < -0.4 is 64.5 Å². The van der Waals surface area contributed by atoms with Gasteiger partial charge in [0.25, 0.3) is 0 Å². The maximum absolute atomic E-state index is 12.4. The summed E-state index contributed by atoms with van der Waals surface area (Å²) in [6.45, 7) is 35.4. The fourth-order valence-electron chi connectivity index (χ4n) is 17.2. The first-order valence-corrected chi connectivity index (χ1v) is 52.5. The van der Waals surface area contributed by atoms with Gasteiger partial charge in [0.05, 0.1) is 105 Å². The summed E-state index contributed by atoms with van der Waals surface area (Å²) in [5.41, 5.74) is 32.9. The predicted octanol–water partition coefficient (Wildman–Crippen LogP) is 9.31. The van der Waals surface area contributed by atoms with E-state index in [2.05, 4.69) is 187 Å². The van der Waals surface area contributed by atoms with Crippen LogP contribution in [0.5, 0.6) is 0 Å². The summed E-state index contributed by atoms with van der Waals surface area (Å²) in [4.78, 5) is 63.6. The number of anilines is 6. The summed E-state index contributed by atoms with van der Waals surface area (Å²) in [6.07, 6.45) is 19.3. The lowest BCUT2D eigenvalue weighted by molar-refractivity contribution is -0.130. The third-order valence-electron chi connectivity index (χ3n) is 25.5. The van der Waals surface area contributed by atoms with Gasteiger partial charge in [-0.3, -0.25) is 82.0 Å². The van der Waals surface area contributed by atoms with Crippen LogP contribution in [0.15, 0.2) is 117 Å². The number of hydrogen-bond donors (Lipinski definition) is 13. The molecule has 7 fully saturated rings. The Kier molecular flexibility index (Phi) is 41.5. The van der Waals surface area contributed by atoms with Gasteiger partial charge in [0.2, 0.25) is 5.91 Å². The number of piperazine rings is 6. The van der Waals surface area contributed by atoms with Crippen molar-refractivity contribution in [3.63, 3.8) is 0 Å². The number of hydrogen-bond acceptors (Lipinski definition) is 31. The number of likely N-dealkylation sites (N-methyl/N-ethyl adjacent to an activating group) is 1. The molecule has 1 saturated carbocycles. The molecule has 1 amide bonds. The largest absolute Gasteiger partial charge is 0.395 e. The summed E-state index contributed by atoms with van der Waals surface area (Å²) in [6, 6.07) is 11.4. The van der Waals surface area contributed by atoms with Crippen LogP contribution >= 0.6 is 143 Å². The Bertz CT molecular complexity index is 5500. The molecule has 762 valence electrons. The fourth-order valence-corrected chi connectivity index (χ4v) is 19.9. The first-order chi connectivity index (χ1) is 69.0. The predicted molar refractivity (Wildman–Crippen MR) is 594 cm³/mol. The molecule has 6 saturated heterocycles. The Balaban J connectivity index is 0.000000135. The molecule has 0 unspecified atom stereocenters. The zero-order chi connectivity index (χ0) is 100.0. The van der Waals surface area contributed by atoms with Crippen LogP contribution in [0.2, 0.25) is 30.1 Å². The van der Waals surface area contributed by atoms with Crippen molar-refractivity contribution >= 4 is 248 Å². The number of thiocarbonyl (C=S) groups is 6. The highest BCUT2D eigenvalue weighted by atomic mass is 35.5. The van der Waals surface area contributed by atoms with E-state index in [4.69, 9.17) is 148 Å². The number of rotatable bonds is 13. The molecule has 18 heterocycles. The molecule has 0 aromatic carbocycles. The van der Waals surface area contributed by atoms with Gasteiger partial charge in [-0.1, -0.05) is 83.1 Å². The van der Waals surface area contributed by atoms with E-state index in [0.29, 0.717) is 100 Å². The summed E-state index contributed by atoms with van der Waals surface area (Å²) in [7, 11) is 0. The SMILES string of the molecule is C=CN1CCN(C(=S)N/N=C2/CCNc3c(Cl)ccnc32)CC1.CC(=O)N1CCN(C(=S)N/N=C2/CCNc3c(Cl)ccnc32)CC1.CCN1CCN(C(=S)N/N=C2/CCNc3c(Cl)ccnc32)CC1.FCCN1CCN(C(=S)N/N=C2/CCNc3c(Cl)ccnc32)CC1.OCCN1CCN(C(=S)N/N=C2/CCNc3c(Cl)ccnc32)CC1.S=C(N/N=C1/CCNc2c(Cl)ccnc21)N1CCN(C2CC2)CC1. The van der Waals surface area contributed by atoms with Crippen LogP contribution in [0.3, 0.4) is 0 Å². The smallest absolute Gasteiger partial charge is 0.219 e. The number of aliphatic hydroxyl groups excluding tert-OH is 1. The van der Waals surface area contributed by atoms with Crippen molar-refractivity contribution in [1.82, 2.24) is 121 Å². The molecule has 142 heavy (non-hydrogen) atoms. The number of fused-ring (bicyclic) bond motifs is 6. The van der Waals surface area contributed by atoms with Crippen molar-refractivity contribution in [3.8, 4) is 0 Å². The summed E-state index contributed by atoms with van der Waals surface area (Å²) in [5, 5.41) is 63.1. The van der Waals surface area contributed by atoms with E-state index < -0.39 is 0 Å².